The highest BCUT2D eigenvalue weighted by Crippen LogP contribution is 2.31. The van der Waals surface area contributed by atoms with Gasteiger partial charge in [-0.3, -0.25) is 4.79 Å². The van der Waals surface area contributed by atoms with Crippen molar-refractivity contribution in [3.63, 3.8) is 0 Å². The Labute approximate surface area is 119 Å². The number of aryl methyl sites for hydroxylation is 1. The van der Waals surface area contributed by atoms with E-state index in [1.54, 1.807) is 12.1 Å². The molecule has 0 unspecified atom stereocenters. The van der Waals surface area contributed by atoms with Gasteiger partial charge in [0.15, 0.2) is 0 Å². The second-order valence-corrected chi connectivity index (χ2v) is 6.93. The molecule has 0 heterocycles. The standard InChI is InChI=1S/C14H19NO4S/c16-14(17)8-5-11-3-6-13(7-4-11)20(18,19)15-10-9-12-1-2-12/h3-4,6-7,12,15H,1-2,5,8-10H2,(H,16,17). The predicted octanol–water partition coefficient (Wildman–Crippen LogP) is 1.78. The Kier molecular flexibility index (Phi) is 4.77. The van der Waals surface area contributed by atoms with Crippen molar-refractivity contribution in [1.29, 1.82) is 0 Å². The zero-order valence-corrected chi connectivity index (χ0v) is 12.0. The lowest BCUT2D eigenvalue weighted by atomic mass is 10.1. The van der Waals surface area contributed by atoms with Crippen LogP contribution in [0.1, 0.15) is 31.2 Å². The van der Waals surface area contributed by atoms with Crippen LogP contribution in [0.3, 0.4) is 0 Å². The molecule has 0 atom stereocenters. The second-order valence-electron chi connectivity index (χ2n) is 5.17. The van der Waals surface area contributed by atoms with Crippen LogP contribution in [-0.2, 0) is 21.2 Å². The first kappa shape index (κ1) is 15.0. The van der Waals surface area contributed by atoms with Crippen LogP contribution in [0, 0.1) is 5.92 Å². The molecule has 5 nitrogen and oxygen atoms in total. The highest BCUT2D eigenvalue weighted by Gasteiger charge is 2.22. The third-order valence-corrected chi connectivity index (χ3v) is 4.88. The zero-order valence-electron chi connectivity index (χ0n) is 11.2. The molecule has 1 saturated carbocycles. The number of carboxylic acid groups (broad SMARTS) is 1. The van der Waals surface area contributed by atoms with Crippen LogP contribution in [0.2, 0.25) is 0 Å². The van der Waals surface area contributed by atoms with Crippen molar-refractivity contribution >= 4 is 16.0 Å². The van der Waals surface area contributed by atoms with Crippen molar-refractivity contribution in [2.75, 3.05) is 6.54 Å². The van der Waals surface area contributed by atoms with Crippen LogP contribution in [-0.4, -0.2) is 26.0 Å². The minimum absolute atomic E-state index is 0.0474. The highest BCUT2D eigenvalue weighted by atomic mass is 32.2. The molecule has 1 aromatic carbocycles. The van der Waals surface area contributed by atoms with Crippen LogP contribution in [0.5, 0.6) is 0 Å². The number of carboxylic acids is 1. The molecule has 1 fully saturated rings. The van der Waals surface area contributed by atoms with Gasteiger partial charge in [0, 0.05) is 13.0 Å². The second kappa shape index (κ2) is 6.37. The summed E-state index contributed by atoms with van der Waals surface area (Å²) in [5.74, 6) is -0.167. The first-order valence-corrected chi connectivity index (χ1v) is 8.26. The van der Waals surface area contributed by atoms with Crippen LogP contribution in [0.15, 0.2) is 29.2 Å². The summed E-state index contributed by atoms with van der Waals surface area (Å²) in [5.41, 5.74) is 0.823. The first-order chi connectivity index (χ1) is 9.47. The van der Waals surface area contributed by atoms with Gasteiger partial charge in [-0.25, -0.2) is 13.1 Å². The van der Waals surface area contributed by atoms with E-state index in [4.69, 9.17) is 5.11 Å². The third-order valence-electron chi connectivity index (χ3n) is 3.40. The van der Waals surface area contributed by atoms with Crippen LogP contribution < -0.4 is 4.72 Å². The number of hydrogen-bond donors (Lipinski definition) is 2. The average Bonchev–Trinajstić information content (AvgIpc) is 3.21. The van der Waals surface area contributed by atoms with Crippen molar-refractivity contribution in [2.24, 2.45) is 5.92 Å². The Morgan fingerprint density at radius 1 is 1.25 bits per heavy atom. The van der Waals surface area contributed by atoms with Crippen molar-refractivity contribution in [3.05, 3.63) is 29.8 Å². The topological polar surface area (TPSA) is 83.5 Å². The Morgan fingerprint density at radius 3 is 2.45 bits per heavy atom. The van der Waals surface area contributed by atoms with E-state index in [-0.39, 0.29) is 11.3 Å². The predicted molar refractivity (Wildman–Crippen MR) is 74.9 cm³/mol. The molecular weight excluding hydrogens is 278 g/mol. The molecule has 1 aliphatic carbocycles. The number of sulfonamides is 1. The van der Waals surface area contributed by atoms with Gasteiger partial charge in [-0.05, 0) is 36.5 Å². The molecule has 1 aromatic rings. The van der Waals surface area contributed by atoms with Gasteiger partial charge in [-0.2, -0.15) is 0 Å². The van der Waals surface area contributed by atoms with E-state index in [1.807, 2.05) is 0 Å². The Morgan fingerprint density at radius 2 is 1.90 bits per heavy atom. The molecular formula is C14H19NO4S. The van der Waals surface area contributed by atoms with Crippen molar-refractivity contribution in [1.82, 2.24) is 4.72 Å². The largest absolute Gasteiger partial charge is 0.481 e. The monoisotopic (exact) mass is 297 g/mol. The summed E-state index contributed by atoms with van der Waals surface area (Å²) in [6.07, 6.45) is 3.77. The van der Waals surface area contributed by atoms with Crippen LogP contribution >= 0.6 is 0 Å². The molecule has 20 heavy (non-hydrogen) atoms. The molecule has 0 aliphatic heterocycles. The van der Waals surface area contributed by atoms with Crippen molar-refractivity contribution < 1.29 is 18.3 Å². The quantitative estimate of drug-likeness (QED) is 0.766. The summed E-state index contributed by atoms with van der Waals surface area (Å²) in [4.78, 5) is 10.7. The maximum absolute atomic E-state index is 12.0. The summed E-state index contributed by atoms with van der Waals surface area (Å²) in [6.45, 7) is 0.480. The fraction of sp³-hybridized carbons (Fsp3) is 0.500. The molecule has 0 saturated heterocycles. The Balaban J connectivity index is 1.91. The summed E-state index contributed by atoms with van der Waals surface area (Å²) in [6, 6.07) is 6.38. The lowest BCUT2D eigenvalue weighted by Gasteiger charge is -2.07. The molecule has 0 amide bonds. The smallest absolute Gasteiger partial charge is 0.303 e. The molecule has 0 aromatic heterocycles. The fourth-order valence-electron chi connectivity index (χ4n) is 1.97. The van der Waals surface area contributed by atoms with E-state index in [0.717, 1.165) is 12.0 Å². The normalized spacial score (nSPS) is 15.2. The molecule has 0 spiro atoms. The molecule has 2 rings (SSSR count). The number of hydrogen-bond acceptors (Lipinski definition) is 3. The highest BCUT2D eigenvalue weighted by molar-refractivity contribution is 7.89. The minimum Gasteiger partial charge on any atom is -0.481 e. The molecule has 6 heteroatoms. The van der Waals surface area contributed by atoms with Crippen molar-refractivity contribution in [3.8, 4) is 0 Å². The van der Waals surface area contributed by atoms with Gasteiger partial charge in [0.1, 0.15) is 0 Å². The van der Waals surface area contributed by atoms with E-state index in [2.05, 4.69) is 4.72 Å². The summed E-state index contributed by atoms with van der Waals surface area (Å²) in [5, 5.41) is 8.60. The van der Waals surface area contributed by atoms with Gasteiger partial charge in [0.25, 0.3) is 0 Å². The summed E-state index contributed by atoms with van der Waals surface area (Å²) >= 11 is 0. The Hall–Kier alpha value is -1.40. The van der Waals surface area contributed by atoms with Gasteiger partial charge in [-0.1, -0.05) is 25.0 Å². The van der Waals surface area contributed by atoms with Gasteiger partial charge in [0.05, 0.1) is 4.90 Å². The summed E-state index contributed by atoms with van der Waals surface area (Å²) in [7, 11) is -3.44. The zero-order chi connectivity index (χ0) is 14.6. The van der Waals surface area contributed by atoms with Gasteiger partial charge >= 0.3 is 5.97 Å². The maximum atomic E-state index is 12.0. The van der Waals surface area contributed by atoms with E-state index in [9.17, 15) is 13.2 Å². The van der Waals surface area contributed by atoms with Gasteiger partial charge in [-0.15, -0.1) is 0 Å². The van der Waals surface area contributed by atoms with Crippen LogP contribution in [0.25, 0.3) is 0 Å². The van der Waals surface area contributed by atoms with E-state index >= 15 is 0 Å². The fourth-order valence-corrected chi connectivity index (χ4v) is 3.02. The van der Waals surface area contributed by atoms with E-state index < -0.39 is 16.0 Å². The van der Waals surface area contributed by atoms with E-state index in [0.29, 0.717) is 18.9 Å². The van der Waals surface area contributed by atoms with Gasteiger partial charge < -0.3 is 5.11 Å². The van der Waals surface area contributed by atoms with Crippen molar-refractivity contribution in [2.45, 2.75) is 37.0 Å². The average molecular weight is 297 g/mol. The lowest BCUT2D eigenvalue weighted by molar-refractivity contribution is -0.136. The number of nitrogens with one attached hydrogen (secondary N) is 1. The number of carbonyl (C=O) groups is 1. The van der Waals surface area contributed by atoms with E-state index in [1.165, 1.54) is 25.0 Å². The number of benzene rings is 1. The maximum Gasteiger partial charge on any atom is 0.303 e. The number of aliphatic carboxylic acids is 1. The SMILES string of the molecule is O=C(O)CCc1ccc(S(=O)(=O)NCCC2CC2)cc1. The summed E-state index contributed by atoms with van der Waals surface area (Å²) < 4.78 is 26.6. The third kappa shape index (κ3) is 4.61. The molecule has 0 radical (unpaired) electrons. The van der Waals surface area contributed by atoms with Crippen LogP contribution in [0.4, 0.5) is 0 Å². The molecule has 2 N–H and O–H groups in total. The first-order valence-electron chi connectivity index (χ1n) is 6.78. The lowest BCUT2D eigenvalue weighted by Crippen LogP contribution is -2.25. The molecule has 110 valence electrons. The molecule has 1 aliphatic rings. The molecule has 0 bridgehead atoms. The minimum atomic E-state index is -3.44. The number of rotatable bonds is 8. The van der Waals surface area contributed by atoms with Gasteiger partial charge in [0.2, 0.25) is 10.0 Å². The Bertz CT molecular complexity index is 561.